The molecule has 1 aliphatic heterocycles. The predicted octanol–water partition coefficient (Wildman–Crippen LogP) is 1.35. The van der Waals surface area contributed by atoms with Gasteiger partial charge in [-0.15, -0.1) is 0 Å². The fourth-order valence-electron chi connectivity index (χ4n) is 1.85. The smallest absolute Gasteiger partial charge is 0.237 e. The lowest BCUT2D eigenvalue weighted by Crippen LogP contribution is -2.57. The molecule has 0 aromatic rings. The van der Waals surface area contributed by atoms with Crippen molar-refractivity contribution in [3.05, 3.63) is 11.1 Å². The van der Waals surface area contributed by atoms with Gasteiger partial charge in [-0.05, 0) is 5.92 Å². The Bertz CT molecular complexity index is 240. The third-order valence-electron chi connectivity index (χ3n) is 2.37. The van der Waals surface area contributed by atoms with E-state index in [4.69, 9.17) is 0 Å². The van der Waals surface area contributed by atoms with Gasteiger partial charge in [0.15, 0.2) is 0 Å². The zero-order valence-electron chi connectivity index (χ0n) is 8.72. The van der Waals surface area contributed by atoms with E-state index < -0.39 is 0 Å². The first-order valence-corrected chi connectivity index (χ1v) is 5.66. The normalized spacial score (nSPS) is 23.7. The number of nitrogens with zero attached hydrogens (tertiary/aromatic N) is 1. The summed E-state index contributed by atoms with van der Waals surface area (Å²) in [6.45, 7) is 10.3. The fraction of sp³-hybridized carbons (Fsp3) is 0.700. The van der Waals surface area contributed by atoms with E-state index in [-0.39, 0.29) is 11.9 Å². The molecule has 0 aliphatic carbocycles. The molecule has 1 N–H and O–H groups in total. The number of carbonyl (C=O) groups is 1. The molecule has 0 saturated carbocycles. The number of rotatable bonds is 3. The van der Waals surface area contributed by atoms with E-state index in [0.717, 1.165) is 24.1 Å². The van der Waals surface area contributed by atoms with Crippen molar-refractivity contribution in [1.29, 1.82) is 0 Å². The van der Waals surface area contributed by atoms with Gasteiger partial charge in [0.1, 0.15) is 0 Å². The molecule has 0 aromatic carbocycles. The van der Waals surface area contributed by atoms with Crippen LogP contribution < -0.4 is 5.32 Å². The lowest BCUT2D eigenvalue weighted by molar-refractivity contribution is -0.130. The Balaban J connectivity index is 2.69. The van der Waals surface area contributed by atoms with Crippen LogP contribution in [0.1, 0.15) is 13.8 Å². The van der Waals surface area contributed by atoms with Crippen LogP contribution in [0.4, 0.5) is 0 Å². The van der Waals surface area contributed by atoms with Gasteiger partial charge in [-0.1, -0.05) is 36.4 Å². The van der Waals surface area contributed by atoms with Crippen LogP contribution in [0, 0.1) is 5.92 Å². The zero-order valence-corrected chi connectivity index (χ0v) is 10.3. The number of hydrogen-bond donors (Lipinski definition) is 1. The topological polar surface area (TPSA) is 32.3 Å². The third kappa shape index (κ3) is 2.82. The van der Waals surface area contributed by atoms with Crippen molar-refractivity contribution in [2.75, 3.05) is 19.6 Å². The van der Waals surface area contributed by atoms with E-state index in [1.54, 1.807) is 0 Å². The molecule has 1 aliphatic rings. The van der Waals surface area contributed by atoms with E-state index in [0.29, 0.717) is 5.92 Å². The van der Waals surface area contributed by atoms with Crippen molar-refractivity contribution in [1.82, 2.24) is 10.2 Å². The van der Waals surface area contributed by atoms with Crippen LogP contribution in [0.15, 0.2) is 11.1 Å². The highest BCUT2D eigenvalue weighted by molar-refractivity contribution is 9.11. The number of hydrogen-bond acceptors (Lipinski definition) is 2. The highest BCUT2D eigenvalue weighted by Gasteiger charge is 2.31. The summed E-state index contributed by atoms with van der Waals surface area (Å²) in [6, 6.07) is -0.0157. The van der Waals surface area contributed by atoms with Crippen molar-refractivity contribution in [2.45, 2.75) is 19.9 Å². The molecular weight excluding hydrogens is 244 g/mol. The van der Waals surface area contributed by atoms with Crippen LogP contribution in [0.5, 0.6) is 0 Å². The second kappa shape index (κ2) is 4.94. The maximum atomic E-state index is 11.6. The summed E-state index contributed by atoms with van der Waals surface area (Å²) in [6.07, 6.45) is 0. The molecule has 1 amide bonds. The first-order valence-electron chi connectivity index (χ1n) is 4.87. The van der Waals surface area contributed by atoms with Crippen molar-refractivity contribution in [2.24, 2.45) is 5.92 Å². The summed E-state index contributed by atoms with van der Waals surface area (Å²) >= 11 is 3.34. The average Bonchev–Trinajstić information content (AvgIpc) is 2.01. The summed E-state index contributed by atoms with van der Waals surface area (Å²) in [4.78, 5) is 13.8. The Morgan fingerprint density at radius 1 is 1.79 bits per heavy atom. The number of carbonyl (C=O) groups excluding carboxylic acids is 1. The van der Waals surface area contributed by atoms with E-state index in [2.05, 4.69) is 46.6 Å². The van der Waals surface area contributed by atoms with Gasteiger partial charge in [-0.3, -0.25) is 9.69 Å². The van der Waals surface area contributed by atoms with Crippen LogP contribution in [-0.2, 0) is 4.79 Å². The molecule has 0 unspecified atom stereocenters. The number of piperazine rings is 1. The minimum Gasteiger partial charge on any atom is -0.353 e. The molecule has 3 nitrogen and oxygen atoms in total. The molecule has 80 valence electrons. The van der Waals surface area contributed by atoms with Crippen molar-refractivity contribution in [3.63, 3.8) is 0 Å². The molecule has 0 aromatic heterocycles. The van der Waals surface area contributed by atoms with Gasteiger partial charge < -0.3 is 5.32 Å². The molecule has 1 fully saturated rings. The Morgan fingerprint density at radius 3 is 2.93 bits per heavy atom. The molecule has 4 heteroatoms. The van der Waals surface area contributed by atoms with Gasteiger partial charge in [-0.25, -0.2) is 0 Å². The van der Waals surface area contributed by atoms with E-state index in [9.17, 15) is 4.79 Å². The van der Waals surface area contributed by atoms with E-state index in [1.807, 2.05) is 0 Å². The Hall–Kier alpha value is -0.350. The molecule has 0 bridgehead atoms. The second-order valence-electron chi connectivity index (χ2n) is 3.97. The summed E-state index contributed by atoms with van der Waals surface area (Å²) < 4.78 is 0.929. The minimum atomic E-state index is -0.0157. The molecule has 0 spiro atoms. The first-order chi connectivity index (χ1) is 6.52. The van der Waals surface area contributed by atoms with Crippen LogP contribution in [0.25, 0.3) is 0 Å². The largest absolute Gasteiger partial charge is 0.353 e. The first kappa shape index (κ1) is 11.7. The minimum absolute atomic E-state index is 0.0157. The number of nitrogens with one attached hydrogen (secondary N) is 1. The maximum absolute atomic E-state index is 11.6. The second-order valence-corrected chi connectivity index (χ2v) is 5.09. The molecule has 0 radical (unpaired) electrons. The summed E-state index contributed by atoms with van der Waals surface area (Å²) in [7, 11) is 0. The van der Waals surface area contributed by atoms with Gasteiger partial charge in [0.2, 0.25) is 5.91 Å². The summed E-state index contributed by atoms with van der Waals surface area (Å²) in [5.74, 6) is 0.474. The molecule has 1 heterocycles. The van der Waals surface area contributed by atoms with Crippen LogP contribution >= 0.6 is 15.9 Å². The predicted molar refractivity (Wildman–Crippen MR) is 61.3 cm³/mol. The monoisotopic (exact) mass is 260 g/mol. The maximum Gasteiger partial charge on any atom is 0.237 e. The lowest BCUT2D eigenvalue weighted by atomic mass is 10.00. The zero-order chi connectivity index (χ0) is 10.7. The Labute approximate surface area is 93.7 Å². The molecule has 1 atom stereocenters. The highest BCUT2D eigenvalue weighted by atomic mass is 79.9. The van der Waals surface area contributed by atoms with Crippen LogP contribution in [-0.4, -0.2) is 36.5 Å². The van der Waals surface area contributed by atoms with E-state index in [1.165, 1.54) is 0 Å². The average molecular weight is 261 g/mol. The Kier molecular flexibility index (Phi) is 4.13. The summed E-state index contributed by atoms with van der Waals surface area (Å²) in [5, 5.41) is 2.89. The fourth-order valence-corrected chi connectivity index (χ4v) is 2.18. The Morgan fingerprint density at radius 2 is 2.43 bits per heavy atom. The third-order valence-corrected chi connectivity index (χ3v) is 2.62. The highest BCUT2D eigenvalue weighted by Crippen LogP contribution is 2.16. The lowest BCUT2D eigenvalue weighted by Gasteiger charge is -2.37. The van der Waals surface area contributed by atoms with Crippen LogP contribution in [0.2, 0.25) is 0 Å². The van der Waals surface area contributed by atoms with Gasteiger partial charge in [0.05, 0.1) is 6.04 Å². The number of amides is 1. The van der Waals surface area contributed by atoms with Crippen molar-refractivity contribution in [3.8, 4) is 0 Å². The van der Waals surface area contributed by atoms with Gasteiger partial charge in [-0.2, -0.15) is 0 Å². The molecule has 1 rings (SSSR count). The summed E-state index contributed by atoms with van der Waals surface area (Å²) in [5.41, 5.74) is 0. The SMILES string of the molecule is C=C(Br)CN1CCNC(=O)[C@@H]1C(C)C. The van der Waals surface area contributed by atoms with Gasteiger partial charge in [0.25, 0.3) is 0 Å². The standard InChI is InChI=1S/C10H17BrN2O/c1-7(2)9-10(14)12-4-5-13(9)6-8(3)11/h7,9H,3-6H2,1-2H3,(H,12,14)/t9-/m0/s1. The quantitative estimate of drug-likeness (QED) is 0.831. The van der Waals surface area contributed by atoms with Gasteiger partial charge >= 0.3 is 0 Å². The van der Waals surface area contributed by atoms with E-state index >= 15 is 0 Å². The molecule has 14 heavy (non-hydrogen) atoms. The van der Waals surface area contributed by atoms with Gasteiger partial charge in [0, 0.05) is 24.1 Å². The van der Waals surface area contributed by atoms with Crippen molar-refractivity contribution < 1.29 is 4.79 Å². The molecular formula is C10H17BrN2O. The molecule has 1 saturated heterocycles. The number of halogens is 1. The van der Waals surface area contributed by atoms with Crippen LogP contribution in [0.3, 0.4) is 0 Å². The van der Waals surface area contributed by atoms with Crippen molar-refractivity contribution >= 4 is 21.8 Å².